The molecule has 2 aromatic carbocycles. The van der Waals surface area contributed by atoms with Crippen LogP contribution in [0.4, 0.5) is 0 Å². The summed E-state index contributed by atoms with van der Waals surface area (Å²) < 4.78 is 4.60. The molecule has 27 heavy (non-hydrogen) atoms. The van der Waals surface area contributed by atoms with Crippen LogP contribution in [0.25, 0.3) is 0 Å². The third-order valence-corrected chi connectivity index (χ3v) is 5.86. The number of rotatable bonds is 2. The number of hydrogen-bond acceptors (Lipinski definition) is 5. The number of hydrogen-bond donors (Lipinski definition) is 2. The van der Waals surface area contributed by atoms with E-state index in [0.717, 1.165) is 17.7 Å². The van der Waals surface area contributed by atoms with Crippen LogP contribution in [0.5, 0.6) is 5.75 Å². The fourth-order valence-corrected chi connectivity index (χ4v) is 4.54. The smallest absolute Gasteiger partial charge is 0.341 e. The highest BCUT2D eigenvalue weighted by molar-refractivity contribution is 7.99. The van der Waals surface area contributed by atoms with Gasteiger partial charge in [-0.25, -0.2) is 4.79 Å². The van der Waals surface area contributed by atoms with Crippen LogP contribution in [0, 0.1) is 11.8 Å². The van der Waals surface area contributed by atoms with Gasteiger partial charge in [0.1, 0.15) is 17.4 Å². The van der Waals surface area contributed by atoms with Crippen LogP contribution in [-0.2, 0) is 10.2 Å². The Balaban J connectivity index is 1.84. The molecule has 3 rings (SSSR count). The predicted molar refractivity (Wildman–Crippen MR) is 106 cm³/mol. The van der Waals surface area contributed by atoms with Crippen LogP contribution in [0.3, 0.4) is 0 Å². The lowest BCUT2D eigenvalue weighted by Gasteiger charge is -2.32. The summed E-state index contributed by atoms with van der Waals surface area (Å²) in [6.07, 6.45) is 0.169. The number of thioether (sulfide) groups is 1. The average molecular weight is 382 g/mol. The van der Waals surface area contributed by atoms with E-state index in [1.165, 1.54) is 29.7 Å². The molecule has 1 unspecified atom stereocenters. The number of benzene rings is 2. The second-order valence-corrected chi connectivity index (χ2v) is 8.27. The molecule has 2 N–H and O–H groups in total. The molecule has 2 aromatic rings. The van der Waals surface area contributed by atoms with E-state index in [2.05, 4.69) is 36.5 Å². The Morgan fingerprint density at radius 2 is 2.04 bits per heavy atom. The van der Waals surface area contributed by atoms with E-state index in [9.17, 15) is 15.0 Å². The molecule has 4 nitrogen and oxygen atoms in total. The summed E-state index contributed by atoms with van der Waals surface area (Å²) in [4.78, 5) is 12.8. The van der Waals surface area contributed by atoms with E-state index in [1.54, 1.807) is 6.07 Å². The van der Waals surface area contributed by atoms with Crippen molar-refractivity contribution in [3.63, 3.8) is 0 Å². The van der Waals surface area contributed by atoms with Gasteiger partial charge in [0.15, 0.2) is 0 Å². The van der Waals surface area contributed by atoms with Crippen molar-refractivity contribution < 1.29 is 19.7 Å². The Labute approximate surface area is 163 Å². The van der Waals surface area contributed by atoms with Gasteiger partial charge in [0.05, 0.1) is 7.11 Å². The Hall–Kier alpha value is -2.42. The molecule has 1 atom stereocenters. The van der Waals surface area contributed by atoms with E-state index in [4.69, 9.17) is 0 Å². The van der Waals surface area contributed by atoms with Crippen molar-refractivity contribution in [1.82, 2.24) is 0 Å². The molecule has 0 saturated carbocycles. The Morgan fingerprint density at radius 3 is 2.74 bits per heavy atom. The van der Waals surface area contributed by atoms with Gasteiger partial charge in [0, 0.05) is 10.5 Å². The molecule has 0 fully saturated rings. The van der Waals surface area contributed by atoms with Crippen molar-refractivity contribution in [3.8, 4) is 17.6 Å². The summed E-state index contributed by atoms with van der Waals surface area (Å²) >= 11 is 1.85. The lowest BCUT2D eigenvalue weighted by molar-refractivity contribution is 0.0597. The summed E-state index contributed by atoms with van der Waals surface area (Å²) in [6.45, 7) is 4.44. The van der Waals surface area contributed by atoms with Crippen molar-refractivity contribution in [2.45, 2.75) is 36.7 Å². The Bertz CT molecular complexity index is 937. The quantitative estimate of drug-likeness (QED) is 0.606. The van der Waals surface area contributed by atoms with Gasteiger partial charge in [-0.3, -0.25) is 0 Å². The maximum absolute atomic E-state index is 11.5. The molecular weight excluding hydrogens is 360 g/mol. The van der Waals surface area contributed by atoms with Crippen LogP contribution < -0.4 is 0 Å². The normalized spacial score (nSPS) is 15.9. The lowest BCUT2D eigenvalue weighted by Crippen LogP contribution is -2.23. The number of carbonyl (C=O) groups excluding carboxylic acids is 1. The monoisotopic (exact) mass is 382 g/mol. The lowest BCUT2D eigenvalue weighted by atomic mass is 9.81. The zero-order valence-corrected chi connectivity index (χ0v) is 16.4. The zero-order valence-electron chi connectivity index (χ0n) is 15.6. The molecule has 0 saturated heterocycles. The number of aromatic hydroxyl groups is 1. The second-order valence-electron chi connectivity index (χ2n) is 7.13. The zero-order chi connectivity index (χ0) is 19.6. The van der Waals surface area contributed by atoms with Gasteiger partial charge < -0.3 is 14.9 Å². The minimum Gasteiger partial charge on any atom is -0.507 e. The van der Waals surface area contributed by atoms with Gasteiger partial charge in [-0.05, 0) is 53.0 Å². The van der Waals surface area contributed by atoms with E-state index < -0.39 is 12.1 Å². The third kappa shape index (κ3) is 4.13. The van der Waals surface area contributed by atoms with E-state index >= 15 is 0 Å². The van der Waals surface area contributed by atoms with Gasteiger partial charge in [-0.2, -0.15) is 0 Å². The first-order valence-electron chi connectivity index (χ1n) is 8.70. The van der Waals surface area contributed by atoms with Gasteiger partial charge >= 0.3 is 5.97 Å². The van der Waals surface area contributed by atoms with Gasteiger partial charge in [-0.1, -0.05) is 37.8 Å². The molecule has 0 spiro atoms. The fraction of sp³-hybridized carbons (Fsp3) is 0.318. The largest absolute Gasteiger partial charge is 0.507 e. The molecule has 1 aliphatic rings. The van der Waals surface area contributed by atoms with Crippen LogP contribution in [0.2, 0.25) is 0 Å². The van der Waals surface area contributed by atoms with E-state index in [-0.39, 0.29) is 16.7 Å². The standard InChI is InChI=1S/C22H22O4S/c1-22(2)10-11-27-20-9-6-15(13-17(20)22)18(23)8-5-14-4-7-16(19(24)12-14)21(25)26-3/h4,6-7,9,12-13,18,23-24H,10-11H2,1-3H3. The highest BCUT2D eigenvalue weighted by Crippen LogP contribution is 2.42. The number of carbonyl (C=O) groups is 1. The molecule has 0 aliphatic carbocycles. The first-order valence-corrected chi connectivity index (χ1v) is 9.68. The predicted octanol–water partition coefficient (Wildman–Crippen LogP) is 4.04. The Kier molecular flexibility index (Phi) is 5.50. The number of phenolic OH excluding ortho intramolecular Hbond substituents is 1. The van der Waals surface area contributed by atoms with Gasteiger partial charge in [0.2, 0.25) is 0 Å². The molecule has 1 aliphatic heterocycles. The summed E-state index contributed by atoms with van der Waals surface area (Å²) in [5.74, 6) is 5.96. The summed E-state index contributed by atoms with van der Waals surface area (Å²) in [7, 11) is 1.25. The van der Waals surface area contributed by atoms with Gasteiger partial charge in [0.25, 0.3) is 0 Å². The molecule has 1 heterocycles. The minimum atomic E-state index is -0.930. The van der Waals surface area contributed by atoms with Crippen molar-refractivity contribution in [2.75, 3.05) is 12.9 Å². The van der Waals surface area contributed by atoms with E-state index in [1.807, 2.05) is 23.9 Å². The molecule has 0 radical (unpaired) electrons. The number of aliphatic hydroxyl groups excluding tert-OH is 1. The Morgan fingerprint density at radius 1 is 1.26 bits per heavy atom. The molecule has 0 aromatic heterocycles. The number of methoxy groups -OCH3 is 1. The molecule has 0 amide bonds. The number of aliphatic hydroxyl groups is 1. The van der Waals surface area contributed by atoms with Crippen molar-refractivity contribution in [3.05, 3.63) is 58.7 Å². The van der Waals surface area contributed by atoms with Gasteiger partial charge in [-0.15, -0.1) is 11.8 Å². The summed E-state index contributed by atoms with van der Waals surface area (Å²) in [5, 5.41) is 20.4. The maximum atomic E-state index is 11.5. The summed E-state index contributed by atoms with van der Waals surface area (Å²) in [6, 6.07) is 10.5. The highest BCUT2D eigenvalue weighted by atomic mass is 32.2. The highest BCUT2D eigenvalue weighted by Gasteiger charge is 2.28. The van der Waals surface area contributed by atoms with Crippen LogP contribution >= 0.6 is 11.8 Å². The van der Waals surface area contributed by atoms with Crippen molar-refractivity contribution in [1.29, 1.82) is 0 Å². The van der Waals surface area contributed by atoms with Crippen LogP contribution in [-0.4, -0.2) is 29.0 Å². The molecule has 0 bridgehead atoms. The van der Waals surface area contributed by atoms with Crippen LogP contribution in [0.1, 0.15) is 53.4 Å². The SMILES string of the molecule is COC(=O)c1ccc(C#CC(O)c2ccc3c(c2)C(C)(C)CCS3)cc1O. The first-order chi connectivity index (χ1) is 12.8. The molecule has 5 heteroatoms. The average Bonchev–Trinajstić information content (AvgIpc) is 2.65. The number of ether oxygens (including phenoxy) is 1. The fourth-order valence-electron chi connectivity index (χ4n) is 3.05. The first kappa shape index (κ1) is 19.3. The molecule has 140 valence electrons. The minimum absolute atomic E-state index is 0.0815. The van der Waals surface area contributed by atoms with Crippen molar-refractivity contribution in [2.24, 2.45) is 0 Å². The second kappa shape index (κ2) is 7.67. The molecular formula is C22H22O4S. The van der Waals surface area contributed by atoms with Crippen molar-refractivity contribution >= 4 is 17.7 Å². The number of esters is 1. The van der Waals surface area contributed by atoms with E-state index in [0.29, 0.717) is 5.56 Å². The third-order valence-electron chi connectivity index (χ3n) is 4.79. The van der Waals surface area contributed by atoms with Crippen LogP contribution in [0.15, 0.2) is 41.3 Å². The number of phenols is 1. The topological polar surface area (TPSA) is 66.8 Å². The maximum Gasteiger partial charge on any atom is 0.341 e. The number of fused-ring (bicyclic) bond motifs is 1. The summed E-state index contributed by atoms with van der Waals surface area (Å²) in [5.41, 5.74) is 2.68.